The van der Waals surface area contributed by atoms with E-state index in [0.29, 0.717) is 32.7 Å². The molecule has 0 aliphatic carbocycles. The lowest BCUT2D eigenvalue weighted by atomic mass is 10.3. The molecule has 0 rings (SSSR count). The summed E-state index contributed by atoms with van der Waals surface area (Å²) >= 11 is 0. The van der Waals surface area contributed by atoms with Crippen molar-refractivity contribution < 1.29 is 14.6 Å². The Balaban J connectivity index is 3.62. The van der Waals surface area contributed by atoms with Gasteiger partial charge < -0.3 is 20.1 Å². The van der Waals surface area contributed by atoms with Gasteiger partial charge in [-0.1, -0.05) is 0 Å². The summed E-state index contributed by atoms with van der Waals surface area (Å²) < 4.78 is 4.78. The van der Waals surface area contributed by atoms with Crippen LogP contribution >= 0.6 is 0 Å². The number of nitrogens with zero attached hydrogens (tertiary/aromatic N) is 1. The standard InChI is InChI=1S/C10H22N2O3/c1-4-12(5-2)10(14)11-7-6-9(13)8-15-3/h9,13H,4-8H2,1-3H3,(H,11,14). The zero-order valence-corrected chi connectivity index (χ0v) is 9.82. The topological polar surface area (TPSA) is 61.8 Å². The van der Waals surface area contributed by atoms with E-state index in [1.807, 2.05) is 13.8 Å². The number of hydrogen-bond donors (Lipinski definition) is 2. The summed E-state index contributed by atoms with van der Waals surface area (Å²) in [6.45, 7) is 6.04. The Hall–Kier alpha value is -0.810. The van der Waals surface area contributed by atoms with E-state index in [2.05, 4.69) is 5.32 Å². The molecule has 0 bridgehead atoms. The number of urea groups is 1. The van der Waals surface area contributed by atoms with E-state index >= 15 is 0 Å². The normalized spacial score (nSPS) is 12.3. The van der Waals surface area contributed by atoms with Gasteiger partial charge in [-0.2, -0.15) is 0 Å². The molecule has 2 amide bonds. The maximum Gasteiger partial charge on any atom is 0.317 e. The average Bonchev–Trinajstić information content (AvgIpc) is 2.20. The molecular formula is C10H22N2O3. The predicted molar refractivity (Wildman–Crippen MR) is 58.8 cm³/mol. The van der Waals surface area contributed by atoms with Crippen molar-refractivity contribution >= 4 is 6.03 Å². The number of nitrogens with one attached hydrogen (secondary N) is 1. The number of aliphatic hydroxyl groups is 1. The molecule has 2 N–H and O–H groups in total. The molecule has 0 aromatic heterocycles. The van der Waals surface area contributed by atoms with Gasteiger partial charge in [-0.15, -0.1) is 0 Å². The first-order valence-electron chi connectivity index (χ1n) is 5.35. The van der Waals surface area contributed by atoms with E-state index in [4.69, 9.17) is 4.74 Å². The molecule has 0 heterocycles. The fourth-order valence-corrected chi connectivity index (χ4v) is 1.24. The molecular weight excluding hydrogens is 196 g/mol. The van der Waals surface area contributed by atoms with Gasteiger partial charge in [-0.3, -0.25) is 0 Å². The molecule has 0 spiro atoms. The summed E-state index contributed by atoms with van der Waals surface area (Å²) in [6, 6.07) is -0.0791. The zero-order chi connectivity index (χ0) is 11.7. The van der Waals surface area contributed by atoms with Crippen molar-refractivity contribution in [2.24, 2.45) is 0 Å². The molecule has 0 aliphatic heterocycles. The maximum absolute atomic E-state index is 11.4. The van der Waals surface area contributed by atoms with Gasteiger partial charge in [0.1, 0.15) is 0 Å². The van der Waals surface area contributed by atoms with E-state index in [9.17, 15) is 9.90 Å². The van der Waals surface area contributed by atoms with Crippen molar-refractivity contribution in [3.63, 3.8) is 0 Å². The van der Waals surface area contributed by atoms with E-state index in [-0.39, 0.29) is 6.03 Å². The Kier molecular flexibility index (Phi) is 8.04. The first-order chi connectivity index (χ1) is 7.15. The van der Waals surface area contributed by atoms with Gasteiger partial charge in [0.25, 0.3) is 0 Å². The van der Waals surface area contributed by atoms with Crippen LogP contribution in [0.25, 0.3) is 0 Å². The molecule has 0 saturated heterocycles. The van der Waals surface area contributed by atoms with Crippen LogP contribution in [0.3, 0.4) is 0 Å². The molecule has 0 fully saturated rings. The zero-order valence-electron chi connectivity index (χ0n) is 9.82. The monoisotopic (exact) mass is 218 g/mol. The van der Waals surface area contributed by atoms with Crippen molar-refractivity contribution in [1.82, 2.24) is 10.2 Å². The fraction of sp³-hybridized carbons (Fsp3) is 0.900. The molecule has 0 aromatic carbocycles. The quantitative estimate of drug-likeness (QED) is 0.651. The van der Waals surface area contributed by atoms with Crippen LogP contribution in [0.1, 0.15) is 20.3 Å². The lowest BCUT2D eigenvalue weighted by molar-refractivity contribution is 0.0596. The van der Waals surface area contributed by atoms with Crippen LogP contribution in [0.5, 0.6) is 0 Å². The van der Waals surface area contributed by atoms with Gasteiger partial charge in [-0.25, -0.2) is 4.79 Å². The van der Waals surface area contributed by atoms with Gasteiger partial charge in [0.2, 0.25) is 0 Å². The number of carbonyl (C=O) groups excluding carboxylic acids is 1. The molecule has 1 unspecified atom stereocenters. The predicted octanol–water partition coefficient (Wildman–Crippen LogP) is 0.435. The highest BCUT2D eigenvalue weighted by molar-refractivity contribution is 5.73. The summed E-state index contributed by atoms with van der Waals surface area (Å²) in [5.74, 6) is 0. The number of aliphatic hydroxyl groups excluding tert-OH is 1. The maximum atomic E-state index is 11.4. The van der Waals surface area contributed by atoms with Crippen LogP contribution in [0.4, 0.5) is 4.79 Å². The summed E-state index contributed by atoms with van der Waals surface area (Å²) in [6.07, 6.45) is 0.00733. The molecule has 1 atom stereocenters. The Morgan fingerprint density at radius 2 is 2.07 bits per heavy atom. The van der Waals surface area contributed by atoms with Gasteiger partial charge in [0.15, 0.2) is 0 Å². The molecule has 0 saturated carbocycles. The molecule has 5 heteroatoms. The second-order valence-corrected chi connectivity index (χ2v) is 3.30. The number of hydrogen-bond acceptors (Lipinski definition) is 3. The van der Waals surface area contributed by atoms with Crippen LogP contribution < -0.4 is 5.32 Å². The molecule has 15 heavy (non-hydrogen) atoms. The van der Waals surface area contributed by atoms with Crippen LogP contribution in [0, 0.1) is 0 Å². The molecule has 90 valence electrons. The third kappa shape index (κ3) is 6.30. The molecule has 0 aromatic rings. The lowest BCUT2D eigenvalue weighted by Gasteiger charge is -2.19. The number of carbonyl (C=O) groups is 1. The van der Waals surface area contributed by atoms with Crippen molar-refractivity contribution in [3.8, 4) is 0 Å². The van der Waals surface area contributed by atoms with Crippen LogP contribution in [0.15, 0.2) is 0 Å². The summed E-state index contributed by atoms with van der Waals surface area (Å²) in [5.41, 5.74) is 0. The minimum Gasteiger partial charge on any atom is -0.391 e. The minimum atomic E-state index is -0.507. The summed E-state index contributed by atoms with van der Waals surface area (Å²) in [5, 5.41) is 12.1. The van der Waals surface area contributed by atoms with E-state index in [0.717, 1.165) is 0 Å². The third-order valence-corrected chi connectivity index (χ3v) is 2.16. The lowest BCUT2D eigenvalue weighted by Crippen LogP contribution is -2.40. The molecule has 0 radical (unpaired) electrons. The van der Waals surface area contributed by atoms with Gasteiger partial charge >= 0.3 is 6.03 Å². The summed E-state index contributed by atoms with van der Waals surface area (Å²) in [4.78, 5) is 13.1. The Morgan fingerprint density at radius 3 is 2.53 bits per heavy atom. The molecule has 5 nitrogen and oxygen atoms in total. The second-order valence-electron chi connectivity index (χ2n) is 3.30. The first-order valence-corrected chi connectivity index (χ1v) is 5.35. The minimum absolute atomic E-state index is 0.0791. The fourth-order valence-electron chi connectivity index (χ4n) is 1.24. The average molecular weight is 218 g/mol. The third-order valence-electron chi connectivity index (χ3n) is 2.16. The summed E-state index contributed by atoms with van der Waals surface area (Å²) in [7, 11) is 1.54. The number of amides is 2. The number of methoxy groups -OCH3 is 1. The van der Waals surface area contributed by atoms with Crippen LogP contribution in [-0.4, -0.2) is 55.5 Å². The van der Waals surface area contributed by atoms with Crippen molar-refractivity contribution in [2.45, 2.75) is 26.4 Å². The second kappa shape index (κ2) is 8.49. The SMILES string of the molecule is CCN(CC)C(=O)NCCC(O)COC. The Morgan fingerprint density at radius 1 is 1.47 bits per heavy atom. The van der Waals surface area contributed by atoms with Crippen LogP contribution in [0.2, 0.25) is 0 Å². The van der Waals surface area contributed by atoms with Gasteiger partial charge in [0, 0.05) is 26.7 Å². The highest BCUT2D eigenvalue weighted by Gasteiger charge is 2.09. The van der Waals surface area contributed by atoms with Gasteiger partial charge in [0.05, 0.1) is 12.7 Å². The Labute approximate surface area is 91.4 Å². The van der Waals surface area contributed by atoms with E-state index in [1.165, 1.54) is 7.11 Å². The number of rotatable bonds is 7. The van der Waals surface area contributed by atoms with Crippen LogP contribution in [-0.2, 0) is 4.74 Å². The van der Waals surface area contributed by atoms with Gasteiger partial charge in [-0.05, 0) is 20.3 Å². The highest BCUT2D eigenvalue weighted by Crippen LogP contribution is 1.92. The highest BCUT2D eigenvalue weighted by atomic mass is 16.5. The van der Waals surface area contributed by atoms with Crippen molar-refractivity contribution in [1.29, 1.82) is 0 Å². The first kappa shape index (κ1) is 14.2. The Bertz CT molecular complexity index is 172. The molecule has 0 aliphatic rings. The number of ether oxygens (including phenoxy) is 1. The smallest absolute Gasteiger partial charge is 0.317 e. The van der Waals surface area contributed by atoms with Crippen molar-refractivity contribution in [3.05, 3.63) is 0 Å². The van der Waals surface area contributed by atoms with E-state index < -0.39 is 6.10 Å². The van der Waals surface area contributed by atoms with E-state index in [1.54, 1.807) is 4.90 Å². The largest absolute Gasteiger partial charge is 0.391 e. The van der Waals surface area contributed by atoms with Crippen molar-refractivity contribution in [2.75, 3.05) is 33.4 Å².